The maximum absolute atomic E-state index is 12.0. The van der Waals surface area contributed by atoms with Crippen molar-refractivity contribution in [2.45, 2.75) is 25.7 Å². The molecule has 1 aromatic rings. The lowest BCUT2D eigenvalue weighted by Gasteiger charge is -2.20. The van der Waals surface area contributed by atoms with E-state index in [2.05, 4.69) is 41.5 Å². The van der Waals surface area contributed by atoms with Gasteiger partial charge in [0.2, 0.25) is 5.91 Å². The molecule has 0 bridgehead atoms. The molecular formula is C17H24N2O. The van der Waals surface area contributed by atoms with E-state index >= 15 is 0 Å². The smallest absolute Gasteiger partial charge is 0.223 e. The fraction of sp³-hybridized carbons (Fsp3) is 0.471. The lowest BCUT2D eigenvalue weighted by atomic mass is 9.94. The maximum Gasteiger partial charge on any atom is 0.223 e. The minimum atomic E-state index is 0.187. The third kappa shape index (κ3) is 4.41. The first-order valence-electron chi connectivity index (χ1n) is 7.46. The van der Waals surface area contributed by atoms with Crippen molar-refractivity contribution >= 4 is 11.6 Å². The molecule has 20 heavy (non-hydrogen) atoms. The average molecular weight is 272 g/mol. The van der Waals surface area contributed by atoms with Gasteiger partial charge in [-0.05, 0) is 37.8 Å². The number of hydrogen-bond donors (Lipinski definition) is 1. The highest BCUT2D eigenvalue weighted by molar-refractivity contribution is 5.78. The zero-order chi connectivity index (χ0) is 14.2. The van der Waals surface area contributed by atoms with E-state index in [1.165, 1.54) is 5.69 Å². The third-order valence-electron chi connectivity index (χ3n) is 3.81. The Balaban J connectivity index is 1.64. The van der Waals surface area contributed by atoms with Crippen LogP contribution in [-0.4, -0.2) is 26.0 Å². The number of carbonyl (C=O) groups is 1. The third-order valence-corrected chi connectivity index (χ3v) is 3.81. The molecule has 1 unspecified atom stereocenters. The highest BCUT2D eigenvalue weighted by Gasteiger charge is 2.17. The maximum atomic E-state index is 12.0. The summed E-state index contributed by atoms with van der Waals surface area (Å²) >= 11 is 0. The molecular weight excluding hydrogens is 248 g/mol. The Hall–Kier alpha value is -1.77. The van der Waals surface area contributed by atoms with Crippen LogP contribution in [0, 0.1) is 5.92 Å². The van der Waals surface area contributed by atoms with E-state index in [0.29, 0.717) is 0 Å². The molecule has 2 rings (SSSR count). The van der Waals surface area contributed by atoms with Crippen LogP contribution in [0.4, 0.5) is 5.69 Å². The normalized spacial score (nSPS) is 17.8. The van der Waals surface area contributed by atoms with Gasteiger partial charge in [0.25, 0.3) is 0 Å². The lowest BCUT2D eigenvalue weighted by molar-refractivity contribution is -0.125. The SMILES string of the molecule is CN(CCCNC(=O)C1CC=CCC1)c1ccccc1. The van der Waals surface area contributed by atoms with Gasteiger partial charge in [-0.2, -0.15) is 0 Å². The molecule has 0 fully saturated rings. The summed E-state index contributed by atoms with van der Waals surface area (Å²) in [5.41, 5.74) is 1.22. The zero-order valence-electron chi connectivity index (χ0n) is 12.2. The Morgan fingerprint density at radius 1 is 1.30 bits per heavy atom. The number of anilines is 1. The molecule has 1 N–H and O–H groups in total. The van der Waals surface area contributed by atoms with E-state index < -0.39 is 0 Å². The molecule has 0 aromatic heterocycles. The number of nitrogens with zero attached hydrogens (tertiary/aromatic N) is 1. The number of rotatable bonds is 6. The van der Waals surface area contributed by atoms with Crippen molar-refractivity contribution in [3.05, 3.63) is 42.5 Å². The molecule has 1 aliphatic rings. The molecule has 1 aromatic carbocycles. The molecule has 0 aliphatic heterocycles. The number of allylic oxidation sites excluding steroid dienone is 2. The zero-order valence-corrected chi connectivity index (χ0v) is 12.2. The fourth-order valence-electron chi connectivity index (χ4n) is 2.52. The van der Waals surface area contributed by atoms with E-state index in [1.807, 2.05) is 18.2 Å². The highest BCUT2D eigenvalue weighted by Crippen LogP contribution is 2.18. The summed E-state index contributed by atoms with van der Waals surface area (Å²) in [4.78, 5) is 14.2. The van der Waals surface area contributed by atoms with Crippen LogP contribution in [0.1, 0.15) is 25.7 Å². The Kier molecular flexibility index (Phi) is 5.66. The summed E-state index contributed by atoms with van der Waals surface area (Å²) in [6, 6.07) is 10.3. The van der Waals surface area contributed by atoms with Crippen LogP contribution >= 0.6 is 0 Å². The van der Waals surface area contributed by atoms with Gasteiger partial charge in [0.1, 0.15) is 0 Å². The second kappa shape index (κ2) is 7.73. The van der Waals surface area contributed by atoms with Crippen molar-refractivity contribution in [3.8, 4) is 0 Å². The monoisotopic (exact) mass is 272 g/mol. The van der Waals surface area contributed by atoms with Crippen molar-refractivity contribution in [2.75, 3.05) is 25.0 Å². The second-order valence-corrected chi connectivity index (χ2v) is 5.38. The largest absolute Gasteiger partial charge is 0.375 e. The van der Waals surface area contributed by atoms with Crippen molar-refractivity contribution in [2.24, 2.45) is 5.92 Å². The van der Waals surface area contributed by atoms with E-state index in [-0.39, 0.29) is 11.8 Å². The van der Waals surface area contributed by atoms with Gasteiger partial charge in [-0.1, -0.05) is 30.4 Å². The molecule has 1 aliphatic carbocycles. The van der Waals surface area contributed by atoms with Crippen LogP contribution in [0.15, 0.2) is 42.5 Å². The Labute approximate surface area is 121 Å². The quantitative estimate of drug-likeness (QED) is 0.638. The molecule has 108 valence electrons. The number of para-hydroxylation sites is 1. The fourth-order valence-corrected chi connectivity index (χ4v) is 2.52. The summed E-state index contributed by atoms with van der Waals surface area (Å²) in [5.74, 6) is 0.406. The number of amides is 1. The first kappa shape index (κ1) is 14.6. The van der Waals surface area contributed by atoms with Crippen LogP contribution < -0.4 is 10.2 Å². The number of nitrogens with one attached hydrogen (secondary N) is 1. The summed E-state index contributed by atoms with van der Waals surface area (Å²) in [6.07, 6.45) is 8.19. The van der Waals surface area contributed by atoms with Gasteiger partial charge in [-0.3, -0.25) is 4.79 Å². The van der Waals surface area contributed by atoms with Crippen molar-refractivity contribution in [1.82, 2.24) is 5.32 Å². The van der Waals surface area contributed by atoms with E-state index in [0.717, 1.165) is 38.8 Å². The molecule has 1 amide bonds. The summed E-state index contributed by atoms with van der Waals surface area (Å²) in [7, 11) is 2.09. The standard InChI is InChI=1S/C17H24N2O/c1-19(16-11-6-3-7-12-16)14-8-13-18-17(20)15-9-4-2-5-10-15/h2-4,6-7,11-12,15H,5,8-10,13-14H2,1H3,(H,18,20). The van der Waals surface area contributed by atoms with Crippen LogP contribution in [0.3, 0.4) is 0 Å². The number of benzene rings is 1. The molecule has 1 atom stereocenters. The minimum absolute atomic E-state index is 0.187. The topological polar surface area (TPSA) is 32.3 Å². The first-order valence-corrected chi connectivity index (χ1v) is 7.46. The first-order chi connectivity index (χ1) is 9.77. The van der Waals surface area contributed by atoms with E-state index in [1.54, 1.807) is 0 Å². The Bertz CT molecular complexity index is 442. The van der Waals surface area contributed by atoms with E-state index in [4.69, 9.17) is 0 Å². The second-order valence-electron chi connectivity index (χ2n) is 5.38. The molecule has 0 spiro atoms. The van der Waals surface area contributed by atoms with Gasteiger partial charge < -0.3 is 10.2 Å². The molecule has 3 heteroatoms. The highest BCUT2D eigenvalue weighted by atomic mass is 16.1. The van der Waals surface area contributed by atoms with Gasteiger partial charge in [0.15, 0.2) is 0 Å². The average Bonchev–Trinajstić information content (AvgIpc) is 2.53. The number of carbonyl (C=O) groups excluding carboxylic acids is 1. The molecule has 0 radical (unpaired) electrons. The van der Waals surface area contributed by atoms with Gasteiger partial charge in [0, 0.05) is 31.7 Å². The number of hydrogen-bond acceptors (Lipinski definition) is 2. The van der Waals surface area contributed by atoms with E-state index in [9.17, 15) is 4.79 Å². The lowest BCUT2D eigenvalue weighted by Crippen LogP contribution is -2.33. The Morgan fingerprint density at radius 2 is 2.10 bits per heavy atom. The minimum Gasteiger partial charge on any atom is -0.375 e. The summed E-state index contributed by atoms with van der Waals surface area (Å²) < 4.78 is 0. The molecule has 0 saturated carbocycles. The van der Waals surface area contributed by atoms with Gasteiger partial charge in [-0.15, -0.1) is 0 Å². The van der Waals surface area contributed by atoms with Crippen LogP contribution in [-0.2, 0) is 4.79 Å². The van der Waals surface area contributed by atoms with Gasteiger partial charge >= 0.3 is 0 Å². The predicted octanol–water partition coefficient (Wildman–Crippen LogP) is 2.99. The van der Waals surface area contributed by atoms with Gasteiger partial charge in [0.05, 0.1) is 0 Å². The van der Waals surface area contributed by atoms with Crippen LogP contribution in [0.2, 0.25) is 0 Å². The van der Waals surface area contributed by atoms with Crippen molar-refractivity contribution < 1.29 is 4.79 Å². The van der Waals surface area contributed by atoms with Gasteiger partial charge in [-0.25, -0.2) is 0 Å². The predicted molar refractivity (Wildman–Crippen MR) is 83.8 cm³/mol. The molecule has 0 heterocycles. The summed E-state index contributed by atoms with van der Waals surface area (Å²) in [6.45, 7) is 1.71. The van der Waals surface area contributed by atoms with Crippen molar-refractivity contribution in [3.63, 3.8) is 0 Å². The van der Waals surface area contributed by atoms with Crippen LogP contribution in [0.5, 0.6) is 0 Å². The Morgan fingerprint density at radius 3 is 2.80 bits per heavy atom. The van der Waals surface area contributed by atoms with Crippen LogP contribution in [0.25, 0.3) is 0 Å². The molecule has 3 nitrogen and oxygen atoms in total. The summed E-state index contributed by atoms with van der Waals surface area (Å²) in [5, 5.41) is 3.06. The van der Waals surface area contributed by atoms with Crippen molar-refractivity contribution in [1.29, 1.82) is 0 Å². The molecule has 0 saturated heterocycles.